The summed E-state index contributed by atoms with van der Waals surface area (Å²) in [5, 5.41) is 2.20. The van der Waals surface area contributed by atoms with Crippen LogP contribution in [0.2, 0.25) is 0 Å². The van der Waals surface area contributed by atoms with E-state index < -0.39 is 32.1 Å². The average Bonchev–Trinajstić information content (AvgIpc) is 2.95. The Bertz CT molecular complexity index is 1660. The molecule has 0 radical (unpaired) electrons. The van der Waals surface area contributed by atoms with E-state index in [-0.39, 0.29) is 44.2 Å². The molecule has 0 amide bonds. The number of methoxy groups -OCH3 is 1. The predicted octanol–water partition coefficient (Wildman–Crippen LogP) is 2.81. The number of ether oxygens (including phenoxy) is 2. The van der Waals surface area contributed by atoms with Crippen LogP contribution in [0.15, 0.2) is 70.5 Å². The lowest BCUT2D eigenvalue weighted by Crippen LogP contribution is -2.56. The van der Waals surface area contributed by atoms with E-state index in [0.717, 1.165) is 22.2 Å². The molecule has 13 heteroatoms. The summed E-state index contributed by atoms with van der Waals surface area (Å²) in [6.07, 6.45) is 0. The van der Waals surface area contributed by atoms with E-state index in [4.69, 9.17) is 9.47 Å². The number of fused-ring (bicyclic) bond motifs is 1. The van der Waals surface area contributed by atoms with Crippen molar-refractivity contribution in [3.63, 3.8) is 0 Å². The van der Waals surface area contributed by atoms with Crippen molar-refractivity contribution in [1.82, 2.24) is 18.9 Å². The normalized spacial score (nSPS) is 15.7. The van der Waals surface area contributed by atoms with Crippen LogP contribution in [0, 0.1) is 6.92 Å². The topological polar surface area (TPSA) is 135 Å². The number of hydrogen-bond acceptors (Lipinski definition) is 9. The van der Waals surface area contributed by atoms with E-state index in [1.807, 2.05) is 37.3 Å². The molecule has 1 fully saturated rings. The maximum atomic E-state index is 13.1. The zero-order valence-corrected chi connectivity index (χ0v) is 25.7. The second-order valence-electron chi connectivity index (χ2n) is 10.3. The fourth-order valence-electron chi connectivity index (χ4n) is 4.80. The Morgan fingerprint density at radius 1 is 1.02 bits per heavy atom. The van der Waals surface area contributed by atoms with E-state index in [0.29, 0.717) is 11.3 Å². The number of carbonyl (C=O) groups excluding carboxylic acids is 1. The number of rotatable bonds is 11. The monoisotopic (exact) mass is 616 g/mol. The highest BCUT2D eigenvalue weighted by Gasteiger charge is 2.33. The Balaban J connectivity index is 1.38. The highest BCUT2D eigenvalue weighted by Crippen LogP contribution is 2.22. The maximum absolute atomic E-state index is 13.1. The molecule has 42 heavy (non-hydrogen) atoms. The van der Waals surface area contributed by atoms with Crippen molar-refractivity contribution in [2.75, 3.05) is 39.8 Å². The number of piperazine rings is 1. The lowest BCUT2D eigenvalue weighted by Gasteiger charge is -2.37. The van der Waals surface area contributed by atoms with Gasteiger partial charge >= 0.3 is 5.97 Å². The van der Waals surface area contributed by atoms with Crippen LogP contribution >= 0.6 is 0 Å². The third-order valence-electron chi connectivity index (χ3n) is 6.86. The molecule has 1 aliphatic rings. The van der Waals surface area contributed by atoms with Gasteiger partial charge < -0.3 is 9.47 Å². The fraction of sp³-hybridized carbons (Fsp3) is 0.379. The molecule has 4 rings (SSSR count). The van der Waals surface area contributed by atoms with E-state index in [1.165, 1.54) is 29.0 Å². The standard InChI is InChI=1S/C29H36N4O7S2/c1-21(2)20-41(35,36)33-15-13-32(14-16-33)28(29(34)39-4)18-30-42(37,38)25-11-9-24(10-12-25)40-19-23-17-22(3)31-27-8-6-5-7-26(23)27/h5-12,17,20,28,30H,13-16,18-19H2,1-4H3/t28-/m0/s1. The van der Waals surface area contributed by atoms with E-state index in [9.17, 15) is 21.6 Å². The number of hydrogen-bond donors (Lipinski definition) is 1. The van der Waals surface area contributed by atoms with Gasteiger partial charge in [-0.2, -0.15) is 4.31 Å². The van der Waals surface area contributed by atoms with Gasteiger partial charge in [-0.25, -0.2) is 21.6 Å². The molecule has 226 valence electrons. The molecule has 0 spiro atoms. The van der Waals surface area contributed by atoms with Crippen LogP contribution in [-0.2, 0) is 36.2 Å². The minimum absolute atomic E-state index is 0.0151. The lowest BCUT2D eigenvalue weighted by atomic mass is 10.1. The highest BCUT2D eigenvalue weighted by atomic mass is 32.2. The van der Waals surface area contributed by atoms with Crippen molar-refractivity contribution < 1.29 is 31.1 Å². The van der Waals surface area contributed by atoms with Gasteiger partial charge in [-0.05, 0) is 57.2 Å². The fourth-order valence-corrected chi connectivity index (χ4v) is 7.26. The zero-order valence-electron chi connectivity index (χ0n) is 24.1. The molecule has 0 unspecified atom stereocenters. The summed E-state index contributed by atoms with van der Waals surface area (Å²) in [6.45, 7) is 6.22. The molecule has 0 bridgehead atoms. The van der Waals surface area contributed by atoms with Crippen molar-refractivity contribution in [3.05, 3.63) is 76.8 Å². The van der Waals surface area contributed by atoms with Crippen LogP contribution in [0.1, 0.15) is 25.1 Å². The first kappa shape index (κ1) is 31.6. The van der Waals surface area contributed by atoms with Gasteiger partial charge in [0, 0.05) is 54.8 Å². The minimum atomic E-state index is -3.96. The van der Waals surface area contributed by atoms with Gasteiger partial charge in [0.1, 0.15) is 18.4 Å². The summed E-state index contributed by atoms with van der Waals surface area (Å²) in [5.74, 6) is -0.109. The largest absolute Gasteiger partial charge is 0.489 e. The SMILES string of the molecule is COC(=O)[C@H](CNS(=O)(=O)c1ccc(OCc2cc(C)nc3ccccc23)cc1)N1CCN(S(=O)(=O)C=C(C)C)CC1. The third-order valence-corrected chi connectivity index (χ3v) is 10.2. The summed E-state index contributed by atoms with van der Waals surface area (Å²) < 4.78 is 65.9. The number of para-hydroxylation sites is 1. The van der Waals surface area contributed by atoms with Gasteiger partial charge in [-0.15, -0.1) is 0 Å². The summed E-state index contributed by atoms with van der Waals surface area (Å²) in [4.78, 5) is 18.8. The Kier molecular flexibility index (Phi) is 10.00. The van der Waals surface area contributed by atoms with E-state index >= 15 is 0 Å². The van der Waals surface area contributed by atoms with Gasteiger partial charge in [0.05, 0.1) is 17.5 Å². The Morgan fingerprint density at radius 2 is 1.69 bits per heavy atom. The van der Waals surface area contributed by atoms with Crippen molar-refractivity contribution in [2.45, 2.75) is 38.3 Å². The summed E-state index contributed by atoms with van der Waals surface area (Å²) in [5.41, 5.74) is 3.39. The first-order chi connectivity index (χ1) is 19.9. The molecule has 2 heterocycles. The first-order valence-electron chi connectivity index (χ1n) is 13.4. The van der Waals surface area contributed by atoms with Gasteiger partial charge in [-0.3, -0.25) is 14.7 Å². The molecular weight excluding hydrogens is 580 g/mol. The molecule has 0 saturated carbocycles. The molecule has 1 atom stereocenters. The molecule has 2 aromatic carbocycles. The van der Waals surface area contributed by atoms with E-state index in [2.05, 4.69) is 9.71 Å². The van der Waals surface area contributed by atoms with E-state index in [1.54, 1.807) is 30.9 Å². The van der Waals surface area contributed by atoms with Crippen LogP contribution in [0.5, 0.6) is 5.75 Å². The van der Waals surface area contributed by atoms with Crippen molar-refractivity contribution >= 4 is 36.9 Å². The quantitative estimate of drug-likeness (QED) is 0.323. The van der Waals surface area contributed by atoms with Gasteiger partial charge in [0.25, 0.3) is 0 Å². The van der Waals surface area contributed by atoms with Crippen molar-refractivity contribution in [1.29, 1.82) is 0 Å². The molecule has 0 aliphatic carbocycles. The molecule has 1 saturated heterocycles. The van der Waals surface area contributed by atoms with Crippen LogP contribution < -0.4 is 9.46 Å². The second kappa shape index (κ2) is 13.3. The summed E-state index contributed by atoms with van der Waals surface area (Å²) >= 11 is 0. The van der Waals surface area contributed by atoms with Gasteiger partial charge in [0.15, 0.2) is 0 Å². The third kappa shape index (κ3) is 7.72. The highest BCUT2D eigenvalue weighted by molar-refractivity contribution is 7.92. The number of esters is 1. The smallest absolute Gasteiger partial charge is 0.324 e. The number of sulfonamides is 2. The van der Waals surface area contributed by atoms with Crippen LogP contribution in [0.4, 0.5) is 0 Å². The van der Waals surface area contributed by atoms with Gasteiger partial charge in [-0.1, -0.05) is 23.8 Å². The number of aryl methyl sites for hydroxylation is 1. The average molecular weight is 617 g/mol. The Morgan fingerprint density at radius 3 is 2.33 bits per heavy atom. The number of aromatic nitrogens is 1. The molecular formula is C29H36N4O7S2. The molecule has 1 aromatic heterocycles. The maximum Gasteiger partial charge on any atom is 0.324 e. The van der Waals surface area contributed by atoms with Gasteiger partial charge in [0.2, 0.25) is 20.0 Å². The van der Waals surface area contributed by atoms with Crippen molar-refractivity contribution in [3.8, 4) is 5.75 Å². The molecule has 3 aromatic rings. The number of nitrogens with zero attached hydrogens (tertiary/aromatic N) is 3. The van der Waals surface area contributed by atoms with Crippen LogP contribution in [0.3, 0.4) is 0 Å². The Hall–Kier alpha value is -3.36. The minimum Gasteiger partial charge on any atom is -0.489 e. The molecule has 1 N–H and O–H groups in total. The summed E-state index contributed by atoms with van der Waals surface area (Å²) in [6, 6.07) is 14.9. The predicted molar refractivity (Wildman–Crippen MR) is 160 cm³/mol. The second-order valence-corrected chi connectivity index (χ2v) is 13.8. The van der Waals surface area contributed by atoms with Crippen LogP contribution in [-0.4, -0.2) is 82.9 Å². The molecule has 11 nitrogen and oxygen atoms in total. The number of nitrogens with one attached hydrogen (secondary N) is 1. The number of carbonyl (C=O) groups is 1. The van der Waals surface area contributed by atoms with Crippen LogP contribution in [0.25, 0.3) is 10.9 Å². The zero-order chi connectivity index (χ0) is 30.5. The van der Waals surface area contributed by atoms with Crippen molar-refractivity contribution in [2.24, 2.45) is 0 Å². The Labute approximate surface area is 247 Å². The number of benzene rings is 2. The number of pyridine rings is 1. The molecule has 1 aliphatic heterocycles. The first-order valence-corrected chi connectivity index (χ1v) is 16.4. The summed E-state index contributed by atoms with van der Waals surface area (Å²) in [7, 11) is -6.29. The number of allylic oxidation sites excluding steroid dienone is 1. The lowest BCUT2D eigenvalue weighted by molar-refractivity contribution is -0.147.